The van der Waals surface area contributed by atoms with Gasteiger partial charge in [0.25, 0.3) is 0 Å². The molecule has 1 saturated heterocycles. The molecule has 0 unspecified atom stereocenters. The average molecular weight is 399 g/mol. The first kappa shape index (κ1) is 19.1. The highest BCUT2D eigenvalue weighted by Gasteiger charge is 2.28. The predicted octanol–water partition coefficient (Wildman–Crippen LogP) is 2.86. The number of nitrogens with zero attached hydrogens (tertiary/aromatic N) is 2. The number of hydrogen-bond acceptors (Lipinski definition) is 4. The Morgan fingerprint density at radius 2 is 1.77 bits per heavy atom. The summed E-state index contributed by atoms with van der Waals surface area (Å²) in [6, 6.07) is 12.3. The predicted molar refractivity (Wildman–Crippen MR) is 98.5 cm³/mol. The first-order valence-corrected chi connectivity index (χ1v) is 10.1. The second-order valence-corrected chi connectivity index (χ2v) is 8.38. The van der Waals surface area contributed by atoms with E-state index in [0.29, 0.717) is 50.1 Å². The summed E-state index contributed by atoms with van der Waals surface area (Å²) in [4.78, 5) is 2.14. The standard InChI is InChI=1S/C18H20ClFN2O3S/c19-15-3-1-5-17(13-15)25-12-11-21-7-9-22(10-8-21)26(23,24)18-6-2-4-16(20)14-18/h1-6,13-14H,7-12H2. The Hall–Kier alpha value is -1.67. The molecule has 1 heterocycles. The van der Waals surface area contributed by atoms with Gasteiger partial charge in [-0.15, -0.1) is 0 Å². The van der Waals surface area contributed by atoms with E-state index in [1.807, 2.05) is 12.1 Å². The lowest BCUT2D eigenvalue weighted by atomic mass is 10.3. The van der Waals surface area contributed by atoms with Crippen LogP contribution in [0.25, 0.3) is 0 Å². The van der Waals surface area contributed by atoms with E-state index in [1.54, 1.807) is 12.1 Å². The summed E-state index contributed by atoms with van der Waals surface area (Å²) in [6.07, 6.45) is 0. The van der Waals surface area contributed by atoms with E-state index in [1.165, 1.54) is 22.5 Å². The molecule has 0 amide bonds. The Balaban J connectivity index is 1.49. The second-order valence-electron chi connectivity index (χ2n) is 6.01. The van der Waals surface area contributed by atoms with Gasteiger partial charge in [0.2, 0.25) is 10.0 Å². The van der Waals surface area contributed by atoms with Gasteiger partial charge < -0.3 is 4.74 Å². The van der Waals surface area contributed by atoms with E-state index in [0.717, 1.165) is 6.07 Å². The summed E-state index contributed by atoms with van der Waals surface area (Å²) in [7, 11) is -3.66. The van der Waals surface area contributed by atoms with Crippen molar-refractivity contribution in [1.29, 1.82) is 0 Å². The van der Waals surface area contributed by atoms with Crippen molar-refractivity contribution in [2.75, 3.05) is 39.3 Å². The lowest BCUT2D eigenvalue weighted by Gasteiger charge is -2.33. The minimum Gasteiger partial charge on any atom is -0.492 e. The van der Waals surface area contributed by atoms with Crippen LogP contribution in [0.15, 0.2) is 53.4 Å². The molecule has 0 saturated carbocycles. The van der Waals surface area contributed by atoms with Crippen molar-refractivity contribution in [2.24, 2.45) is 0 Å². The van der Waals surface area contributed by atoms with E-state index in [4.69, 9.17) is 16.3 Å². The van der Waals surface area contributed by atoms with Crippen LogP contribution >= 0.6 is 11.6 Å². The molecular weight excluding hydrogens is 379 g/mol. The summed E-state index contributed by atoms with van der Waals surface area (Å²) in [6.45, 7) is 3.14. The number of rotatable bonds is 6. The summed E-state index contributed by atoms with van der Waals surface area (Å²) in [5.41, 5.74) is 0. The largest absolute Gasteiger partial charge is 0.492 e. The summed E-state index contributed by atoms with van der Waals surface area (Å²) < 4.78 is 45.5. The Morgan fingerprint density at radius 1 is 1.04 bits per heavy atom. The van der Waals surface area contributed by atoms with Crippen LogP contribution in [0.2, 0.25) is 5.02 Å². The quantitative estimate of drug-likeness (QED) is 0.750. The molecule has 0 spiro atoms. The van der Waals surface area contributed by atoms with Crippen LogP contribution in [0.1, 0.15) is 0 Å². The molecule has 0 radical (unpaired) electrons. The van der Waals surface area contributed by atoms with E-state index in [2.05, 4.69) is 4.90 Å². The maximum atomic E-state index is 13.3. The second kappa shape index (κ2) is 8.35. The first-order chi connectivity index (χ1) is 12.4. The molecular formula is C18H20ClFN2O3S. The van der Waals surface area contributed by atoms with Crippen molar-refractivity contribution in [2.45, 2.75) is 4.90 Å². The van der Waals surface area contributed by atoms with Gasteiger partial charge >= 0.3 is 0 Å². The Morgan fingerprint density at radius 3 is 2.46 bits per heavy atom. The first-order valence-electron chi connectivity index (χ1n) is 8.31. The normalized spacial score (nSPS) is 16.5. The number of sulfonamides is 1. The van der Waals surface area contributed by atoms with Gasteiger partial charge in [-0.05, 0) is 36.4 Å². The summed E-state index contributed by atoms with van der Waals surface area (Å²) >= 11 is 5.92. The summed E-state index contributed by atoms with van der Waals surface area (Å²) in [5, 5.41) is 0.624. The number of ether oxygens (including phenoxy) is 1. The maximum Gasteiger partial charge on any atom is 0.243 e. The van der Waals surface area contributed by atoms with Crippen LogP contribution in [0.5, 0.6) is 5.75 Å². The molecule has 2 aromatic rings. The van der Waals surface area contributed by atoms with Gasteiger partial charge in [0.1, 0.15) is 18.2 Å². The van der Waals surface area contributed by atoms with Crippen LogP contribution in [0.3, 0.4) is 0 Å². The average Bonchev–Trinajstić information content (AvgIpc) is 2.62. The number of benzene rings is 2. The Labute approximate surface area is 158 Å². The van der Waals surface area contributed by atoms with Crippen molar-refractivity contribution in [3.05, 3.63) is 59.4 Å². The van der Waals surface area contributed by atoms with Gasteiger partial charge in [0.05, 0.1) is 4.90 Å². The Kier molecular flexibility index (Phi) is 6.13. The fourth-order valence-electron chi connectivity index (χ4n) is 2.82. The van der Waals surface area contributed by atoms with Crippen molar-refractivity contribution in [3.63, 3.8) is 0 Å². The molecule has 0 atom stereocenters. The van der Waals surface area contributed by atoms with E-state index >= 15 is 0 Å². The summed E-state index contributed by atoms with van der Waals surface area (Å²) in [5.74, 6) is 0.160. The highest BCUT2D eigenvalue weighted by Crippen LogP contribution is 2.19. The van der Waals surface area contributed by atoms with Crippen molar-refractivity contribution in [3.8, 4) is 5.75 Å². The van der Waals surface area contributed by atoms with E-state index in [-0.39, 0.29) is 4.90 Å². The lowest BCUT2D eigenvalue weighted by molar-refractivity contribution is 0.159. The lowest BCUT2D eigenvalue weighted by Crippen LogP contribution is -2.49. The monoisotopic (exact) mass is 398 g/mol. The van der Waals surface area contributed by atoms with Gasteiger partial charge in [0.15, 0.2) is 0 Å². The number of hydrogen-bond donors (Lipinski definition) is 0. The minimum atomic E-state index is -3.66. The molecule has 0 bridgehead atoms. The highest BCUT2D eigenvalue weighted by atomic mass is 35.5. The fourth-order valence-corrected chi connectivity index (χ4v) is 4.45. The SMILES string of the molecule is O=S(=O)(c1cccc(F)c1)N1CCN(CCOc2cccc(Cl)c2)CC1. The molecule has 26 heavy (non-hydrogen) atoms. The van der Waals surface area contributed by atoms with Crippen molar-refractivity contribution < 1.29 is 17.5 Å². The van der Waals surface area contributed by atoms with Crippen LogP contribution in [0.4, 0.5) is 4.39 Å². The van der Waals surface area contributed by atoms with Crippen LogP contribution in [0, 0.1) is 5.82 Å². The molecule has 0 N–H and O–H groups in total. The third-order valence-electron chi connectivity index (χ3n) is 4.24. The van der Waals surface area contributed by atoms with Crippen LogP contribution in [-0.4, -0.2) is 57.0 Å². The third kappa shape index (κ3) is 4.73. The number of halogens is 2. The van der Waals surface area contributed by atoms with E-state index < -0.39 is 15.8 Å². The molecule has 3 rings (SSSR count). The van der Waals surface area contributed by atoms with E-state index in [9.17, 15) is 12.8 Å². The molecule has 1 aliphatic rings. The zero-order valence-electron chi connectivity index (χ0n) is 14.1. The third-order valence-corrected chi connectivity index (χ3v) is 6.37. The molecule has 140 valence electrons. The van der Waals surface area contributed by atoms with Crippen LogP contribution in [-0.2, 0) is 10.0 Å². The topological polar surface area (TPSA) is 49.9 Å². The molecule has 8 heteroatoms. The fraction of sp³-hybridized carbons (Fsp3) is 0.333. The zero-order valence-corrected chi connectivity index (χ0v) is 15.7. The smallest absolute Gasteiger partial charge is 0.243 e. The molecule has 1 aliphatic heterocycles. The van der Waals surface area contributed by atoms with Crippen LogP contribution < -0.4 is 4.74 Å². The van der Waals surface area contributed by atoms with Gasteiger partial charge in [-0.1, -0.05) is 23.7 Å². The van der Waals surface area contributed by atoms with Crippen molar-refractivity contribution in [1.82, 2.24) is 9.21 Å². The molecule has 0 aliphatic carbocycles. The zero-order chi connectivity index (χ0) is 18.6. The Bertz CT molecular complexity index is 855. The van der Waals surface area contributed by atoms with Gasteiger partial charge in [-0.3, -0.25) is 4.90 Å². The van der Waals surface area contributed by atoms with Gasteiger partial charge in [-0.2, -0.15) is 4.31 Å². The minimum absolute atomic E-state index is 0.00441. The number of piperazine rings is 1. The molecule has 1 fully saturated rings. The molecule has 0 aromatic heterocycles. The van der Waals surface area contributed by atoms with Gasteiger partial charge in [0, 0.05) is 37.7 Å². The van der Waals surface area contributed by atoms with Crippen molar-refractivity contribution >= 4 is 21.6 Å². The maximum absolute atomic E-state index is 13.3. The molecule has 2 aromatic carbocycles. The highest BCUT2D eigenvalue weighted by molar-refractivity contribution is 7.89. The molecule has 5 nitrogen and oxygen atoms in total. The van der Waals surface area contributed by atoms with Gasteiger partial charge in [-0.25, -0.2) is 12.8 Å².